The number of nitrogens with zero attached hydrogens (tertiary/aromatic N) is 6. The summed E-state index contributed by atoms with van der Waals surface area (Å²) in [6, 6.07) is 11.3. The molecule has 1 aliphatic rings. The molecule has 1 saturated heterocycles. The maximum atomic E-state index is 12.2. The number of nitro groups is 1. The van der Waals surface area contributed by atoms with Crippen LogP contribution in [0.25, 0.3) is 33.3 Å². The molecule has 5 rings (SSSR count). The number of methoxy groups -OCH3 is 1. The smallest absolute Gasteiger partial charge is 0.293 e. The van der Waals surface area contributed by atoms with E-state index in [4.69, 9.17) is 10.5 Å². The molecular weight excluding hydrogens is 446 g/mol. The highest BCUT2D eigenvalue weighted by atomic mass is 16.6. The number of anilines is 2. The van der Waals surface area contributed by atoms with Gasteiger partial charge in [0.1, 0.15) is 11.4 Å². The van der Waals surface area contributed by atoms with Crippen LogP contribution < -0.4 is 15.4 Å². The fraction of sp³-hybridized carbons (Fsp3) is 0.280. The fourth-order valence-electron chi connectivity index (χ4n) is 4.71. The van der Waals surface area contributed by atoms with Crippen molar-refractivity contribution in [3.8, 4) is 28.1 Å². The van der Waals surface area contributed by atoms with E-state index in [1.807, 2.05) is 54.0 Å². The molecule has 180 valence electrons. The van der Waals surface area contributed by atoms with Gasteiger partial charge in [-0.3, -0.25) is 10.1 Å². The van der Waals surface area contributed by atoms with Crippen LogP contribution in [0.5, 0.6) is 5.75 Å². The van der Waals surface area contributed by atoms with Crippen molar-refractivity contribution in [2.45, 2.75) is 0 Å². The minimum atomic E-state index is -0.341. The largest absolute Gasteiger partial charge is 0.496 e. The Morgan fingerprint density at radius 3 is 2.51 bits per heavy atom. The number of benzene rings is 2. The van der Waals surface area contributed by atoms with Crippen LogP contribution in [-0.4, -0.2) is 64.7 Å². The van der Waals surface area contributed by atoms with E-state index in [1.165, 1.54) is 0 Å². The molecule has 0 radical (unpaired) electrons. The first-order valence-corrected chi connectivity index (χ1v) is 11.3. The highest BCUT2D eigenvalue weighted by Gasteiger charge is 2.27. The van der Waals surface area contributed by atoms with Crippen LogP contribution in [0.4, 0.5) is 17.3 Å². The van der Waals surface area contributed by atoms with Gasteiger partial charge in [0.05, 0.1) is 17.7 Å². The van der Waals surface area contributed by atoms with Crippen molar-refractivity contribution in [1.82, 2.24) is 19.4 Å². The Morgan fingerprint density at radius 2 is 1.80 bits per heavy atom. The lowest BCUT2D eigenvalue weighted by molar-refractivity contribution is -0.384. The number of hydrogen-bond acceptors (Lipinski definition) is 8. The molecule has 0 saturated carbocycles. The van der Waals surface area contributed by atoms with Crippen molar-refractivity contribution in [3.05, 3.63) is 58.9 Å². The van der Waals surface area contributed by atoms with Gasteiger partial charge < -0.3 is 24.8 Å². The van der Waals surface area contributed by atoms with Crippen LogP contribution in [-0.2, 0) is 7.05 Å². The van der Waals surface area contributed by atoms with Gasteiger partial charge in [-0.2, -0.15) is 0 Å². The van der Waals surface area contributed by atoms with Gasteiger partial charge in [-0.05, 0) is 13.1 Å². The summed E-state index contributed by atoms with van der Waals surface area (Å²) in [4.78, 5) is 24.9. The number of para-hydroxylation sites is 1. The quantitative estimate of drug-likeness (QED) is 0.346. The summed E-state index contributed by atoms with van der Waals surface area (Å²) in [5.74, 6) is 0.638. The zero-order chi connectivity index (χ0) is 24.7. The molecule has 0 unspecified atom stereocenters. The van der Waals surface area contributed by atoms with E-state index in [2.05, 4.69) is 14.9 Å². The highest BCUT2D eigenvalue weighted by Crippen LogP contribution is 2.44. The van der Waals surface area contributed by atoms with Crippen LogP contribution in [0, 0.1) is 10.1 Å². The number of nitro benzene ring substituents is 1. The third kappa shape index (κ3) is 4.01. The predicted molar refractivity (Wildman–Crippen MR) is 137 cm³/mol. The number of fused-ring (bicyclic) bond motifs is 1. The Hall–Kier alpha value is -4.18. The molecule has 0 amide bonds. The Balaban J connectivity index is 1.72. The lowest BCUT2D eigenvalue weighted by Crippen LogP contribution is -2.44. The topological polar surface area (TPSA) is 116 Å². The number of nitrogen functional groups attached to an aromatic ring is 1. The molecule has 0 bridgehead atoms. The molecule has 1 fully saturated rings. The molecule has 10 nitrogen and oxygen atoms in total. The standard InChI is InChI=1S/C25H27N7O3/c1-29-8-10-31(11-9-29)21-13-23(35-3)17(12-22(21)32(33)34)18-14-27-25(26)28-24(18)19-15-30(2)20-7-5-4-6-16(19)20/h4-7,12-15H,8-11H2,1-3H3,(H2,26,27,28). The molecular formula is C25H27N7O3. The van der Waals surface area contributed by atoms with Gasteiger partial charge in [-0.1, -0.05) is 18.2 Å². The summed E-state index contributed by atoms with van der Waals surface area (Å²) >= 11 is 0. The summed E-state index contributed by atoms with van der Waals surface area (Å²) < 4.78 is 7.77. The van der Waals surface area contributed by atoms with Gasteiger partial charge >= 0.3 is 0 Å². The lowest BCUT2D eigenvalue weighted by Gasteiger charge is -2.34. The molecule has 0 spiro atoms. The molecule has 10 heteroatoms. The number of rotatable bonds is 5. The zero-order valence-corrected chi connectivity index (χ0v) is 19.9. The molecule has 1 aliphatic heterocycles. The van der Waals surface area contributed by atoms with E-state index in [0.29, 0.717) is 41.3 Å². The van der Waals surface area contributed by atoms with Crippen molar-refractivity contribution in [2.75, 3.05) is 51.0 Å². The summed E-state index contributed by atoms with van der Waals surface area (Å²) in [6.45, 7) is 3.06. The first-order valence-electron chi connectivity index (χ1n) is 11.3. The third-order valence-electron chi connectivity index (χ3n) is 6.59. The second kappa shape index (κ2) is 8.88. The number of ether oxygens (including phenoxy) is 1. The van der Waals surface area contributed by atoms with E-state index in [1.54, 1.807) is 25.4 Å². The van der Waals surface area contributed by atoms with Crippen LogP contribution in [0.3, 0.4) is 0 Å². The van der Waals surface area contributed by atoms with Gasteiger partial charge in [-0.25, -0.2) is 9.97 Å². The Labute approximate surface area is 202 Å². The van der Waals surface area contributed by atoms with Gasteiger partial charge in [0, 0.05) is 85.3 Å². The minimum Gasteiger partial charge on any atom is -0.496 e. The van der Waals surface area contributed by atoms with E-state index < -0.39 is 0 Å². The van der Waals surface area contributed by atoms with Crippen molar-refractivity contribution in [3.63, 3.8) is 0 Å². The predicted octanol–water partition coefficient (Wildman–Crippen LogP) is 3.55. The Kier molecular flexibility index (Phi) is 5.73. The van der Waals surface area contributed by atoms with E-state index in [0.717, 1.165) is 29.6 Å². The van der Waals surface area contributed by atoms with Crippen LogP contribution in [0.1, 0.15) is 0 Å². The number of hydrogen-bond donors (Lipinski definition) is 1. The second-order valence-corrected chi connectivity index (χ2v) is 8.75. The molecule has 2 aromatic heterocycles. The number of nitrogens with two attached hydrogens (primary N) is 1. The van der Waals surface area contributed by atoms with Crippen LogP contribution in [0.2, 0.25) is 0 Å². The molecule has 0 aliphatic carbocycles. The maximum Gasteiger partial charge on any atom is 0.293 e. The molecule has 0 atom stereocenters. The SMILES string of the molecule is COc1cc(N2CCN(C)CC2)c([N+](=O)[O-])cc1-c1cnc(N)nc1-c1cn(C)c2ccccc12. The van der Waals surface area contributed by atoms with E-state index >= 15 is 0 Å². The number of aromatic nitrogens is 3. The molecule has 2 N–H and O–H groups in total. The van der Waals surface area contributed by atoms with Crippen LogP contribution >= 0.6 is 0 Å². The van der Waals surface area contributed by atoms with Crippen molar-refractivity contribution in [1.29, 1.82) is 0 Å². The summed E-state index contributed by atoms with van der Waals surface area (Å²) in [6.07, 6.45) is 3.59. The second-order valence-electron chi connectivity index (χ2n) is 8.75. The summed E-state index contributed by atoms with van der Waals surface area (Å²) in [5.41, 5.74) is 10.2. The number of likely N-dealkylation sites (N-methyl/N-ethyl adjacent to an activating group) is 1. The number of piperazine rings is 1. The lowest BCUT2D eigenvalue weighted by atomic mass is 9.98. The van der Waals surface area contributed by atoms with Gasteiger partial charge in [0.15, 0.2) is 0 Å². The number of aryl methyl sites for hydroxylation is 1. The fourth-order valence-corrected chi connectivity index (χ4v) is 4.71. The average molecular weight is 474 g/mol. The average Bonchev–Trinajstić information content (AvgIpc) is 3.20. The van der Waals surface area contributed by atoms with Gasteiger partial charge in [0.25, 0.3) is 5.69 Å². The summed E-state index contributed by atoms with van der Waals surface area (Å²) in [7, 11) is 5.58. The first kappa shape index (κ1) is 22.6. The van der Waals surface area contributed by atoms with E-state index in [-0.39, 0.29) is 16.6 Å². The van der Waals surface area contributed by atoms with Crippen molar-refractivity contribution in [2.24, 2.45) is 7.05 Å². The molecule has 35 heavy (non-hydrogen) atoms. The molecule has 2 aromatic carbocycles. The highest BCUT2D eigenvalue weighted by molar-refractivity contribution is 5.99. The summed E-state index contributed by atoms with van der Waals surface area (Å²) in [5, 5.41) is 13.2. The van der Waals surface area contributed by atoms with Crippen molar-refractivity contribution >= 4 is 28.2 Å². The maximum absolute atomic E-state index is 12.2. The van der Waals surface area contributed by atoms with Gasteiger partial charge in [-0.15, -0.1) is 0 Å². The zero-order valence-electron chi connectivity index (χ0n) is 19.9. The minimum absolute atomic E-state index is 0.0195. The van der Waals surface area contributed by atoms with Gasteiger partial charge in [0.2, 0.25) is 5.95 Å². The molecule has 3 heterocycles. The van der Waals surface area contributed by atoms with Crippen LogP contribution in [0.15, 0.2) is 48.8 Å². The Morgan fingerprint density at radius 1 is 1.06 bits per heavy atom. The first-order chi connectivity index (χ1) is 16.9. The molecule has 4 aromatic rings. The normalized spacial score (nSPS) is 14.4. The Bertz CT molecular complexity index is 1420. The van der Waals surface area contributed by atoms with Crippen molar-refractivity contribution < 1.29 is 9.66 Å². The van der Waals surface area contributed by atoms with E-state index in [9.17, 15) is 10.1 Å². The third-order valence-corrected chi connectivity index (χ3v) is 6.59. The monoisotopic (exact) mass is 473 g/mol.